The van der Waals surface area contributed by atoms with Crippen LogP contribution in [0.15, 0.2) is 93.5 Å². The normalized spacial score (nSPS) is 12.0. The Kier molecular flexibility index (Phi) is 6.87. The number of rotatable bonds is 5. The highest BCUT2D eigenvalue weighted by Crippen LogP contribution is 2.43. The van der Waals surface area contributed by atoms with Crippen LogP contribution in [-0.4, -0.2) is 15.7 Å². The molecule has 0 saturated heterocycles. The van der Waals surface area contributed by atoms with Crippen LogP contribution in [0, 0.1) is 0 Å². The van der Waals surface area contributed by atoms with Crippen molar-refractivity contribution in [1.29, 1.82) is 0 Å². The third-order valence-electron chi connectivity index (χ3n) is 3.83. The van der Waals surface area contributed by atoms with Crippen LogP contribution < -0.4 is 0 Å². The van der Waals surface area contributed by atoms with Crippen molar-refractivity contribution >= 4 is 75.2 Å². The van der Waals surface area contributed by atoms with Gasteiger partial charge in [0.1, 0.15) is 0 Å². The molecular formula is C20H13Br3O3S2. The van der Waals surface area contributed by atoms with Gasteiger partial charge in [-0.05, 0) is 108 Å². The molecule has 0 atom stereocenters. The lowest BCUT2D eigenvalue weighted by Gasteiger charge is -2.13. The second-order valence-corrected chi connectivity index (χ2v) is 17.3. The number of hydrogen-bond donors (Lipinski definition) is 0. The molecule has 0 amide bonds. The van der Waals surface area contributed by atoms with Gasteiger partial charge in [-0.15, -0.1) is 0 Å². The zero-order valence-corrected chi connectivity index (χ0v) is 20.6. The molecule has 0 spiro atoms. The van der Waals surface area contributed by atoms with Crippen molar-refractivity contribution in [3.63, 3.8) is 0 Å². The van der Waals surface area contributed by atoms with Crippen LogP contribution in [0.4, 0.5) is 0 Å². The lowest BCUT2D eigenvalue weighted by atomic mass is 10.0. The summed E-state index contributed by atoms with van der Waals surface area (Å²) in [6.45, 7) is 0. The smallest absolute Gasteiger partial charge is 0.239 e. The predicted molar refractivity (Wildman–Crippen MR) is 124 cm³/mol. The number of hydrogen-bond acceptors (Lipinski definition) is 4. The molecule has 3 aromatic rings. The van der Waals surface area contributed by atoms with Crippen LogP contribution in [0.3, 0.4) is 0 Å². The molecule has 0 N–H and O–H groups in total. The van der Waals surface area contributed by atoms with E-state index in [0.29, 0.717) is 11.1 Å². The van der Waals surface area contributed by atoms with Gasteiger partial charge in [-0.1, -0.05) is 30.0 Å². The summed E-state index contributed by atoms with van der Waals surface area (Å²) < 4.78 is 23.3. The molecule has 3 nitrogen and oxygen atoms in total. The van der Waals surface area contributed by atoms with Crippen molar-refractivity contribution in [3.05, 3.63) is 90.0 Å². The molecule has 0 bridgehead atoms. The van der Waals surface area contributed by atoms with Gasteiger partial charge in [-0.25, -0.2) is 8.42 Å². The molecule has 0 aliphatic carbocycles. The average molecular weight is 605 g/mol. The molecule has 0 fully saturated rings. The third-order valence-corrected chi connectivity index (χ3v) is 10.2. The summed E-state index contributed by atoms with van der Waals surface area (Å²) in [6, 6.07) is 23.2. The van der Waals surface area contributed by atoms with Gasteiger partial charge >= 0.3 is 0 Å². The molecule has 144 valence electrons. The maximum atomic E-state index is 12.7. The minimum atomic E-state index is -3.68. The summed E-state index contributed by atoms with van der Waals surface area (Å²) in [4.78, 5) is 14.9. The molecule has 3 rings (SSSR count). The molecular weight excluding hydrogens is 592 g/mol. The molecule has 0 aromatic heterocycles. The van der Waals surface area contributed by atoms with E-state index in [0.717, 1.165) is 9.79 Å². The van der Waals surface area contributed by atoms with Crippen LogP contribution in [0.2, 0.25) is 0 Å². The summed E-state index contributed by atoms with van der Waals surface area (Å²) >= 11 is 10.7. The molecule has 0 aliphatic rings. The first-order valence-electron chi connectivity index (χ1n) is 7.97. The Balaban J connectivity index is 1.77. The van der Waals surface area contributed by atoms with Gasteiger partial charge in [-0.2, -0.15) is 0 Å². The number of ketones is 1. The SMILES string of the molecule is O=C(c1ccc(Sc2ccccc2)cc1)c1ccc(S(=O)(=O)C(Br)(Br)Br)cc1. The zero-order chi connectivity index (χ0) is 20.4. The Labute approximate surface area is 193 Å². The van der Waals surface area contributed by atoms with Gasteiger partial charge in [-0.3, -0.25) is 4.79 Å². The largest absolute Gasteiger partial charge is 0.289 e. The van der Waals surface area contributed by atoms with E-state index in [1.54, 1.807) is 23.9 Å². The van der Waals surface area contributed by atoms with Gasteiger partial charge in [0.25, 0.3) is 0 Å². The summed E-state index contributed by atoms with van der Waals surface area (Å²) in [5, 5.41) is 0. The fourth-order valence-corrected chi connectivity index (χ4v) is 5.67. The van der Waals surface area contributed by atoms with Crippen LogP contribution >= 0.6 is 59.6 Å². The van der Waals surface area contributed by atoms with E-state index in [9.17, 15) is 13.2 Å². The van der Waals surface area contributed by atoms with E-state index >= 15 is 0 Å². The lowest BCUT2D eigenvalue weighted by Crippen LogP contribution is -2.17. The van der Waals surface area contributed by atoms with E-state index in [1.165, 1.54) is 24.3 Å². The number of halogens is 3. The number of carbonyl (C=O) groups is 1. The van der Waals surface area contributed by atoms with Crippen LogP contribution in [0.1, 0.15) is 15.9 Å². The lowest BCUT2D eigenvalue weighted by molar-refractivity contribution is 0.103. The van der Waals surface area contributed by atoms with Gasteiger partial charge in [0.2, 0.25) is 11.3 Å². The van der Waals surface area contributed by atoms with E-state index in [1.807, 2.05) is 42.5 Å². The third kappa shape index (κ3) is 4.97. The van der Waals surface area contributed by atoms with Crippen molar-refractivity contribution in [2.45, 2.75) is 16.2 Å². The molecule has 3 aromatic carbocycles. The topological polar surface area (TPSA) is 51.2 Å². The highest BCUT2D eigenvalue weighted by Gasteiger charge is 2.37. The minimum Gasteiger partial charge on any atom is -0.289 e. The monoisotopic (exact) mass is 602 g/mol. The fraction of sp³-hybridized carbons (Fsp3) is 0.0500. The molecule has 28 heavy (non-hydrogen) atoms. The van der Waals surface area contributed by atoms with Crippen LogP contribution in [0.5, 0.6) is 0 Å². The molecule has 0 radical (unpaired) electrons. The van der Waals surface area contributed by atoms with Crippen molar-refractivity contribution in [1.82, 2.24) is 0 Å². The second kappa shape index (κ2) is 8.83. The number of alkyl halides is 3. The number of sulfone groups is 1. The van der Waals surface area contributed by atoms with Crippen molar-refractivity contribution in [3.8, 4) is 0 Å². The average Bonchev–Trinajstić information content (AvgIpc) is 2.68. The first-order chi connectivity index (χ1) is 13.2. The highest BCUT2D eigenvalue weighted by molar-refractivity contribution is 9.42. The van der Waals surface area contributed by atoms with Crippen molar-refractivity contribution < 1.29 is 13.2 Å². The zero-order valence-electron chi connectivity index (χ0n) is 14.2. The van der Waals surface area contributed by atoms with Crippen LogP contribution in [0.25, 0.3) is 0 Å². The van der Waals surface area contributed by atoms with Gasteiger partial charge in [0.15, 0.2) is 5.78 Å². The highest BCUT2D eigenvalue weighted by atomic mass is 80.0. The fourth-order valence-electron chi connectivity index (χ4n) is 2.38. The number of benzene rings is 3. The summed E-state index contributed by atoms with van der Waals surface area (Å²) in [6.07, 6.45) is 0. The van der Waals surface area contributed by atoms with Gasteiger partial charge in [0, 0.05) is 20.9 Å². The van der Waals surface area contributed by atoms with Crippen molar-refractivity contribution in [2.24, 2.45) is 0 Å². The molecule has 0 unspecified atom stereocenters. The second-order valence-electron chi connectivity index (χ2n) is 5.74. The predicted octanol–water partition coefficient (Wildman–Crippen LogP) is 6.64. The summed E-state index contributed by atoms with van der Waals surface area (Å²) in [7, 11) is -3.68. The standard InChI is InChI=1S/C20H13Br3O3S2/c21-20(22,23)28(25,26)18-12-8-15(9-13-18)19(24)14-6-10-17(11-7-14)27-16-4-2-1-3-5-16/h1-13H. The Bertz CT molecular complexity index is 1070. The first-order valence-corrected chi connectivity index (χ1v) is 12.7. The van der Waals surface area contributed by atoms with Gasteiger partial charge < -0.3 is 0 Å². The summed E-state index contributed by atoms with van der Waals surface area (Å²) in [5.74, 6) is -0.164. The number of carbonyl (C=O) groups excluding carboxylic acids is 1. The quantitative estimate of drug-likeness (QED) is 0.242. The van der Waals surface area contributed by atoms with E-state index in [-0.39, 0.29) is 10.7 Å². The minimum absolute atomic E-state index is 0.0873. The maximum Gasteiger partial charge on any atom is 0.239 e. The van der Waals surface area contributed by atoms with Crippen LogP contribution in [-0.2, 0) is 9.84 Å². The van der Waals surface area contributed by atoms with Gasteiger partial charge in [0.05, 0.1) is 4.90 Å². The maximum absolute atomic E-state index is 12.7. The molecule has 0 saturated carbocycles. The molecule has 0 aliphatic heterocycles. The van der Waals surface area contributed by atoms with E-state index in [4.69, 9.17) is 0 Å². The first kappa shape index (κ1) is 21.8. The van der Waals surface area contributed by atoms with Crippen molar-refractivity contribution in [2.75, 3.05) is 0 Å². The Morgan fingerprint density at radius 1 is 0.714 bits per heavy atom. The van der Waals surface area contributed by atoms with E-state index < -0.39 is 11.3 Å². The molecule has 8 heteroatoms. The van der Waals surface area contributed by atoms with E-state index in [2.05, 4.69) is 47.8 Å². The molecule has 0 heterocycles. The Hall–Kier alpha value is -0.930. The Morgan fingerprint density at radius 3 is 1.68 bits per heavy atom. The Morgan fingerprint density at radius 2 is 1.18 bits per heavy atom. The summed E-state index contributed by atoms with van der Waals surface area (Å²) in [5.41, 5.74) is 0.968.